The zero-order valence-electron chi connectivity index (χ0n) is 13.4. The summed E-state index contributed by atoms with van der Waals surface area (Å²) in [6.07, 6.45) is 4.23. The molecule has 23 heavy (non-hydrogen) atoms. The van der Waals surface area contributed by atoms with Crippen LogP contribution >= 0.6 is 11.3 Å². The van der Waals surface area contributed by atoms with E-state index in [1.807, 2.05) is 25.1 Å². The van der Waals surface area contributed by atoms with E-state index in [4.69, 9.17) is 0 Å². The van der Waals surface area contributed by atoms with E-state index < -0.39 is 6.04 Å². The van der Waals surface area contributed by atoms with Gasteiger partial charge >= 0.3 is 0 Å². The fraction of sp³-hybridized carbons (Fsp3) is 0.471. The maximum Gasteiger partial charge on any atom is 0.247 e. The van der Waals surface area contributed by atoms with Crippen molar-refractivity contribution in [2.75, 3.05) is 5.32 Å². The van der Waals surface area contributed by atoms with Crippen LogP contribution < -0.4 is 10.6 Å². The molecule has 0 aliphatic heterocycles. The molecule has 122 valence electrons. The van der Waals surface area contributed by atoms with E-state index in [0.29, 0.717) is 0 Å². The van der Waals surface area contributed by atoms with Gasteiger partial charge in [-0.15, -0.1) is 11.3 Å². The predicted octanol–water partition coefficient (Wildman–Crippen LogP) is 3.24. The first-order valence-corrected chi connectivity index (χ1v) is 8.80. The van der Waals surface area contributed by atoms with Gasteiger partial charge in [-0.25, -0.2) is 4.98 Å². The Kier molecular flexibility index (Phi) is 4.61. The molecule has 5 nitrogen and oxygen atoms in total. The summed E-state index contributed by atoms with van der Waals surface area (Å²) in [5, 5.41) is 6.78. The van der Waals surface area contributed by atoms with Crippen molar-refractivity contribution >= 4 is 39.1 Å². The summed E-state index contributed by atoms with van der Waals surface area (Å²) in [6, 6.07) is 5.27. The molecule has 1 aliphatic rings. The van der Waals surface area contributed by atoms with E-state index in [1.165, 1.54) is 6.92 Å². The normalized spacial score (nSPS) is 16.4. The number of hydrogen-bond acceptors (Lipinski definition) is 4. The van der Waals surface area contributed by atoms with E-state index >= 15 is 0 Å². The van der Waals surface area contributed by atoms with Crippen LogP contribution in [0.3, 0.4) is 0 Å². The van der Waals surface area contributed by atoms with E-state index in [1.54, 1.807) is 11.3 Å². The summed E-state index contributed by atoms with van der Waals surface area (Å²) in [7, 11) is 0. The summed E-state index contributed by atoms with van der Waals surface area (Å²) in [5.41, 5.74) is 1.69. The van der Waals surface area contributed by atoms with Gasteiger partial charge < -0.3 is 10.6 Å². The van der Waals surface area contributed by atoms with Crippen LogP contribution in [0, 0.1) is 12.8 Å². The van der Waals surface area contributed by atoms with Crippen LogP contribution in [0.2, 0.25) is 0 Å². The maximum atomic E-state index is 12.6. The quantitative estimate of drug-likeness (QED) is 0.903. The number of rotatable bonds is 4. The zero-order valence-corrected chi connectivity index (χ0v) is 14.2. The third-order valence-electron chi connectivity index (χ3n) is 4.28. The monoisotopic (exact) mass is 331 g/mol. The van der Waals surface area contributed by atoms with Crippen LogP contribution in [0.5, 0.6) is 0 Å². The molecule has 1 atom stereocenters. The molecular weight excluding hydrogens is 310 g/mol. The highest BCUT2D eigenvalue weighted by molar-refractivity contribution is 7.18. The summed E-state index contributed by atoms with van der Waals surface area (Å²) in [5.74, 6) is -0.0634. The van der Waals surface area contributed by atoms with Gasteiger partial charge in [-0.3, -0.25) is 9.59 Å². The second kappa shape index (κ2) is 6.66. The Hall–Kier alpha value is -1.95. The van der Waals surface area contributed by atoms with Crippen LogP contribution in [0.25, 0.3) is 10.2 Å². The Bertz CT molecular complexity index is 735. The molecule has 1 saturated carbocycles. The Balaban J connectivity index is 1.77. The van der Waals surface area contributed by atoms with Crippen molar-refractivity contribution in [2.24, 2.45) is 5.92 Å². The van der Waals surface area contributed by atoms with Gasteiger partial charge in [0.1, 0.15) is 6.04 Å². The lowest BCUT2D eigenvalue weighted by Crippen LogP contribution is -2.47. The molecule has 2 aromatic rings. The molecule has 0 bridgehead atoms. The van der Waals surface area contributed by atoms with Crippen molar-refractivity contribution < 1.29 is 9.59 Å². The molecule has 0 radical (unpaired) electrons. The van der Waals surface area contributed by atoms with E-state index in [0.717, 1.165) is 46.6 Å². The Morgan fingerprint density at radius 1 is 1.30 bits per heavy atom. The molecule has 1 aromatic heterocycles. The minimum absolute atomic E-state index is 0.132. The number of hydrogen-bond donors (Lipinski definition) is 2. The highest BCUT2D eigenvalue weighted by Crippen LogP contribution is 2.29. The molecule has 1 aromatic carbocycles. The lowest BCUT2D eigenvalue weighted by atomic mass is 9.97. The topological polar surface area (TPSA) is 71.1 Å². The first-order chi connectivity index (χ1) is 11.0. The van der Waals surface area contributed by atoms with Crippen LogP contribution in [0.15, 0.2) is 18.2 Å². The average Bonchev–Trinajstić information content (AvgIpc) is 3.12. The molecule has 1 aliphatic carbocycles. The minimum Gasteiger partial charge on any atom is -0.344 e. The van der Waals surface area contributed by atoms with Crippen LogP contribution in [-0.2, 0) is 9.59 Å². The molecule has 0 saturated heterocycles. The number of benzene rings is 1. The lowest BCUT2D eigenvalue weighted by molar-refractivity contribution is -0.126. The van der Waals surface area contributed by atoms with Crippen molar-refractivity contribution in [3.63, 3.8) is 0 Å². The maximum absolute atomic E-state index is 12.6. The third-order valence-corrected chi connectivity index (χ3v) is 5.21. The number of aromatic nitrogens is 1. The second-order valence-electron chi connectivity index (χ2n) is 6.13. The van der Waals surface area contributed by atoms with Gasteiger partial charge in [-0.2, -0.15) is 0 Å². The van der Waals surface area contributed by atoms with Crippen molar-refractivity contribution in [3.05, 3.63) is 23.2 Å². The Morgan fingerprint density at radius 2 is 2.04 bits per heavy atom. The van der Waals surface area contributed by atoms with E-state index in [9.17, 15) is 9.59 Å². The number of carbonyl (C=O) groups excluding carboxylic acids is 2. The summed E-state index contributed by atoms with van der Waals surface area (Å²) in [6.45, 7) is 3.43. The fourth-order valence-corrected chi connectivity index (χ4v) is 4.11. The number of aryl methyl sites for hydroxylation is 1. The molecule has 2 N–H and O–H groups in total. The standard InChI is InChI=1S/C17H21N3O2S/c1-10(21)18-16(12-5-3-4-6-12)17(22)20-13-7-8-14-15(9-13)23-11(2)19-14/h7-9,12,16H,3-6H2,1-2H3,(H,18,21)(H,20,22)/t16-/m0/s1. The Labute approximate surface area is 139 Å². The minimum atomic E-state index is -0.450. The summed E-state index contributed by atoms with van der Waals surface area (Å²) >= 11 is 1.61. The largest absolute Gasteiger partial charge is 0.344 e. The summed E-state index contributed by atoms with van der Waals surface area (Å²) < 4.78 is 1.05. The molecule has 1 fully saturated rings. The van der Waals surface area contributed by atoms with Gasteiger partial charge in [0, 0.05) is 12.6 Å². The average molecular weight is 331 g/mol. The van der Waals surface area contributed by atoms with Gasteiger partial charge in [0.15, 0.2) is 0 Å². The van der Waals surface area contributed by atoms with Gasteiger partial charge in [0.25, 0.3) is 0 Å². The SMILES string of the molecule is CC(=O)N[C@H](C(=O)Nc1ccc2nc(C)sc2c1)C1CCCC1. The fourth-order valence-electron chi connectivity index (χ4n) is 3.24. The first kappa shape index (κ1) is 15.9. The van der Waals surface area contributed by atoms with E-state index in [2.05, 4.69) is 15.6 Å². The smallest absolute Gasteiger partial charge is 0.247 e. The van der Waals surface area contributed by atoms with Gasteiger partial charge in [-0.05, 0) is 43.9 Å². The van der Waals surface area contributed by atoms with E-state index in [-0.39, 0.29) is 17.7 Å². The summed E-state index contributed by atoms with van der Waals surface area (Å²) in [4.78, 5) is 28.5. The van der Waals surface area contributed by atoms with Gasteiger partial charge in [0.2, 0.25) is 11.8 Å². The highest BCUT2D eigenvalue weighted by Gasteiger charge is 2.31. The van der Waals surface area contributed by atoms with Crippen LogP contribution in [0.4, 0.5) is 5.69 Å². The molecule has 0 spiro atoms. The van der Waals surface area contributed by atoms with Crippen molar-refractivity contribution in [1.29, 1.82) is 0 Å². The number of carbonyl (C=O) groups is 2. The highest BCUT2D eigenvalue weighted by atomic mass is 32.1. The third kappa shape index (κ3) is 3.69. The second-order valence-corrected chi connectivity index (χ2v) is 7.36. The Morgan fingerprint density at radius 3 is 2.74 bits per heavy atom. The molecule has 3 rings (SSSR count). The first-order valence-electron chi connectivity index (χ1n) is 7.98. The number of anilines is 1. The number of nitrogens with zero attached hydrogens (tertiary/aromatic N) is 1. The van der Waals surface area contributed by atoms with Crippen molar-refractivity contribution in [2.45, 2.75) is 45.6 Å². The van der Waals surface area contributed by atoms with Crippen molar-refractivity contribution in [1.82, 2.24) is 10.3 Å². The molecule has 6 heteroatoms. The van der Waals surface area contributed by atoms with Crippen molar-refractivity contribution in [3.8, 4) is 0 Å². The van der Waals surface area contributed by atoms with Crippen LogP contribution in [0.1, 0.15) is 37.6 Å². The number of nitrogens with one attached hydrogen (secondary N) is 2. The predicted molar refractivity (Wildman–Crippen MR) is 92.5 cm³/mol. The van der Waals surface area contributed by atoms with Gasteiger partial charge in [0.05, 0.1) is 15.2 Å². The molecule has 2 amide bonds. The molecule has 1 heterocycles. The number of amides is 2. The van der Waals surface area contributed by atoms with Gasteiger partial charge in [-0.1, -0.05) is 12.8 Å². The lowest BCUT2D eigenvalue weighted by Gasteiger charge is -2.23. The number of thiazole rings is 1. The zero-order chi connectivity index (χ0) is 16.4. The van der Waals surface area contributed by atoms with Crippen LogP contribution in [-0.4, -0.2) is 22.8 Å². The number of fused-ring (bicyclic) bond motifs is 1. The molecular formula is C17H21N3O2S. The molecule has 0 unspecified atom stereocenters.